The van der Waals surface area contributed by atoms with Crippen LogP contribution in [0.5, 0.6) is 5.75 Å². The Kier molecular flexibility index (Phi) is 6.45. The minimum atomic E-state index is -3.84. The highest BCUT2D eigenvalue weighted by atomic mass is 32.2. The van der Waals surface area contributed by atoms with Crippen LogP contribution in [0.3, 0.4) is 0 Å². The number of piperidine rings is 1. The number of carbonyl (C=O) groups excluding carboxylic acids is 2. The van der Waals surface area contributed by atoms with Crippen LogP contribution in [0.15, 0.2) is 41.3 Å². The molecule has 4 rings (SSSR count). The molecule has 176 valence electrons. The van der Waals surface area contributed by atoms with Gasteiger partial charge < -0.3 is 15.4 Å². The molecule has 33 heavy (non-hydrogen) atoms. The lowest BCUT2D eigenvalue weighted by Gasteiger charge is -2.32. The van der Waals surface area contributed by atoms with E-state index in [1.165, 1.54) is 10.4 Å². The lowest BCUT2D eigenvalue weighted by molar-refractivity contribution is -0.126. The zero-order valence-corrected chi connectivity index (χ0v) is 19.9. The molecule has 0 aliphatic carbocycles. The Morgan fingerprint density at radius 2 is 1.97 bits per heavy atom. The molecule has 2 amide bonds. The molecule has 2 aliphatic heterocycles. The number of fused-ring (bicyclic) bond motifs is 1. The normalized spacial score (nSPS) is 21.0. The van der Waals surface area contributed by atoms with Gasteiger partial charge in [0.1, 0.15) is 5.75 Å². The largest absolute Gasteiger partial charge is 0.479 e. The fourth-order valence-corrected chi connectivity index (χ4v) is 6.02. The van der Waals surface area contributed by atoms with Gasteiger partial charge in [0.25, 0.3) is 5.91 Å². The van der Waals surface area contributed by atoms with E-state index in [9.17, 15) is 18.0 Å². The lowest BCUT2D eigenvalue weighted by Crippen LogP contribution is -2.45. The number of nitrogens with one attached hydrogen (secondary N) is 2. The Morgan fingerprint density at radius 1 is 1.21 bits per heavy atom. The number of aryl methyl sites for hydroxylation is 2. The number of benzene rings is 2. The molecule has 9 heteroatoms. The van der Waals surface area contributed by atoms with Gasteiger partial charge in [-0.25, -0.2) is 8.42 Å². The van der Waals surface area contributed by atoms with Crippen LogP contribution in [0.25, 0.3) is 0 Å². The highest BCUT2D eigenvalue weighted by Gasteiger charge is 2.35. The Bertz CT molecular complexity index is 1190. The van der Waals surface area contributed by atoms with Crippen LogP contribution in [0.1, 0.15) is 36.5 Å². The van der Waals surface area contributed by atoms with Crippen molar-refractivity contribution in [3.8, 4) is 5.75 Å². The van der Waals surface area contributed by atoms with Gasteiger partial charge in [-0.3, -0.25) is 9.59 Å². The Morgan fingerprint density at radius 3 is 2.73 bits per heavy atom. The zero-order valence-electron chi connectivity index (χ0n) is 19.1. The summed E-state index contributed by atoms with van der Waals surface area (Å²) in [5, 5.41) is 5.70. The van der Waals surface area contributed by atoms with Crippen molar-refractivity contribution in [3.05, 3.63) is 53.1 Å². The number of hydrogen-bond acceptors (Lipinski definition) is 5. The number of hydrogen-bond donors (Lipinski definition) is 2. The van der Waals surface area contributed by atoms with E-state index in [-0.39, 0.29) is 23.3 Å². The Hall–Kier alpha value is -2.91. The molecular formula is C24H29N3O5S. The number of ether oxygens (including phenoxy) is 1. The van der Waals surface area contributed by atoms with Gasteiger partial charge in [0.15, 0.2) is 6.10 Å². The summed E-state index contributed by atoms with van der Waals surface area (Å²) in [5.41, 5.74) is 3.11. The van der Waals surface area contributed by atoms with Gasteiger partial charge in [-0.2, -0.15) is 4.31 Å². The van der Waals surface area contributed by atoms with Gasteiger partial charge in [-0.1, -0.05) is 24.3 Å². The first-order valence-electron chi connectivity index (χ1n) is 11.1. The first-order chi connectivity index (χ1) is 15.7. The monoisotopic (exact) mass is 471 g/mol. The van der Waals surface area contributed by atoms with Gasteiger partial charge in [0, 0.05) is 25.7 Å². The average Bonchev–Trinajstić information content (AvgIpc) is 2.79. The molecule has 2 aromatic rings. The second-order valence-electron chi connectivity index (χ2n) is 8.71. The van der Waals surface area contributed by atoms with E-state index in [2.05, 4.69) is 10.6 Å². The summed E-state index contributed by atoms with van der Waals surface area (Å²) in [6, 6.07) is 10.9. The standard InChI is InChI=1S/C24H29N3O5S/c1-15-7-4-5-8-18(15)13-25-24(29)19-9-6-10-27(14-19)33(30,31)22-12-21-20(11-16(22)2)26-23(28)17(3)32-21/h4-5,7-8,11-12,17,19H,6,9-10,13-14H2,1-3H3,(H,25,29)(H,26,28)/t17-,19-/m0/s1. The molecule has 0 saturated carbocycles. The second-order valence-corrected chi connectivity index (χ2v) is 10.6. The quantitative estimate of drug-likeness (QED) is 0.698. The van der Waals surface area contributed by atoms with E-state index in [1.807, 2.05) is 31.2 Å². The van der Waals surface area contributed by atoms with Gasteiger partial charge in [-0.15, -0.1) is 0 Å². The number of rotatable bonds is 5. The zero-order chi connectivity index (χ0) is 23.8. The molecule has 0 radical (unpaired) electrons. The Labute approximate surface area is 194 Å². The molecule has 0 spiro atoms. The van der Waals surface area contributed by atoms with Gasteiger partial charge in [0.05, 0.1) is 16.5 Å². The minimum Gasteiger partial charge on any atom is -0.479 e. The highest BCUT2D eigenvalue weighted by molar-refractivity contribution is 7.89. The fourth-order valence-electron chi connectivity index (χ4n) is 4.27. The van der Waals surface area contributed by atoms with E-state index < -0.39 is 22.0 Å². The molecular weight excluding hydrogens is 442 g/mol. The van der Waals surface area contributed by atoms with E-state index in [0.717, 1.165) is 11.1 Å². The third-order valence-corrected chi connectivity index (χ3v) is 8.30. The maximum Gasteiger partial charge on any atom is 0.265 e. The molecule has 8 nitrogen and oxygen atoms in total. The number of anilines is 1. The molecule has 2 aromatic carbocycles. The smallest absolute Gasteiger partial charge is 0.265 e. The van der Waals surface area contributed by atoms with Crippen molar-refractivity contribution < 1.29 is 22.7 Å². The number of sulfonamides is 1. The predicted molar refractivity (Wildman–Crippen MR) is 124 cm³/mol. The number of nitrogens with zero attached hydrogens (tertiary/aromatic N) is 1. The summed E-state index contributed by atoms with van der Waals surface area (Å²) in [6.07, 6.45) is 0.545. The van der Waals surface area contributed by atoms with E-state index >= 15 is 0 Å². The maximum atomic E-state index is 13.5. The first-order valence-corrected chi connectivity index (χ1v) is 12.6. The third kappa shape index (κ3) is 4.74. The van der Waals surface area contributed by atoms with Crippen molar-refractivity contribution in [2.45, 2.75) is 51.2 Å². The molecule has 0 aromatic heterocycles. The molecule has 2 aliphatic rings. The fraction of sp³-hybridized carbons (Fsp3) is 0.417. The van der Waals surface area contributed by atoms with Gasteiger partial charge in [-0.05, 0) is 56.4 Å². The van der Waals surface area contributed by atoms with Crippen molar-refractivity contribution >= 4 is 27.5 Å². The van der Waals surface area contributed by atoms with Crippen molar-refractivity contribution in [1.82, 2.24) is 9.62 Å². The van der Waals surface area contributed by atoms with Crippen LogP contribution in [-0.2, 0) is 26.2 Å². The van der Waals surface area contributed by atoms with Crippen LogP contribution in [0.2, 0.25) is 0 Å². The number of amides is 2. The summed E-state index contributed by atoms with van der Waals surface area (Å²) in [4.78, 5) is 24.8. The predicted octanol–water partition coefficient (Wildman–Crippen LogP) is 2.74. The minimum absolute atomic E-state index is 0.130. The molecule has 1 saturated heterocycles. The van der Waals surface area contributed by atoms with Crippen LogP contribution in [0.4, 0.5) is 5.69 Å². The topological polar surface area (TPSA) is 105 Å². The van der Waals surface area contributed by atoms with Crippen molar-refractivity contribution in [2.75, 3.05) is 18.4 Å². The lowest BCUT2D eigenvalue weighted by atomic mass is 9.98. The van der Waals surface area contributed by atoms with Gasteiger partial charge >= 0.3 is 0 Å². The van der Waals surface area contributed by atoms with Crippen molar-refractivity contribution in [2.24, 2.45) is 5.92 Å². The van der Waals surface area contributed by atoms with Crippen LogP contribution >= 0.6 is 0 Å². The number of carbonyl (C=O) groups is 2. The molecule has 0 unspecified atom stereocenters. The van der Waals surface area contributed by atoms with Gasteiger partial charge in [0.2, 0.25) is 15.9 Å². The summed E-state index contributed by atoms with van der Waals surface area (Å²) in [7, 11) is -3.84. The first kappa shape index (κ1) is 23.3. The maximum absolute atomic E-state index is 13.5. The summed E-state index contributed by atoms with van der Waals surface area (Å²) < 4.78 is 34.0. The SMILES string of the molecule is Cc1ccccc1CNC(=O)[C@H]1CCCN(S(=O)(=O)c2cc3c(cc2C)NC(=O)[C@H](C)O3)C1. The van der Waals surface area contributed by atoms with Crippen LogP contribution in [0, 0.1) is 19.8 Å². The molecule has 2 atom stereocenters. The van der Waals surface area contributed by atoms with Crippen molar-refractivity contribution in [1.29, 1.82) is 0 Å². The summed E-state index contributed by atoms with van der Waals surface area (Å²) >= 11 is 0. The Balaban J connectivity index is 1.49. The van der Waals surface area contributed by atoms with Crippen LogP contribution < -0.4 is 15.4 Å². The van der Waals surface area contributed by atoms with Crippen LogP contribution in [-0.4, -0.2) is 43.7 Å². The highest BCUT2D eigenvalue weighted by Crippen LogP contribution is 2.36. The molecule has 0 bridgehead atoms. The average molecular weight is 472 g/mol. The molecule has 2 N–H and O–H groups in total. The summed E-state index contributed by atoms with van der Waals surface area (Å²) in [5.74, 6) is -0.491. The summed E-state index contributed by atoms with van der Waals surface area (Å²) in [6.45, 7) is 6.19. The van der Waals surface area contributed by atoms with E-state index in [4.69, 9.17) is 4.74 Å². The second kappa shape index (κ2) is 9.15. The van der Waals surface area contributed by atoms with E-state index in [1.54, 1.807) is 19.9 Å². The van der Waals surface area contributed by atoms with E-state index in [0.29, 0.717) is 42.9 Å². The third-order valence-electron chi connectivity index (χ3n) is 6.30. The molecule has 2 heterocycles. The molecule has 1 fully saturated rings. The van der Waals surface area contributed by atoms with Crippen molar-refractivity contribution in [3.63, 3.8) is 0 Å².